The van der Waals surface area contributed by atoms with Crippen LogP contribution in [0.1, 0.15) is 16.7 Å². The van der Waals surface area contributed by atoms with Crippen molar-refractivity contribution in [2.45, 2.75) is 20.8 Å². The molecule has 0 aliphatic rings. The Hall–Kier alpha value is -1.12. The van der Waals surface area contributed by atoms with Crippen LogP contribution >= 0.6 is 45.2 Å². The van der Waals surface area contributed by atoms with Gasteiger partial charge in [-0.3, -0.25) is 0 Å². The van der Waals surface area contributed by atoms with Crippen LogP contribution in [0, 0.1) is 20.8 Å². The van der Waals surface area contributed by atoms with Crippen LogP contribution in [0.3, 0.4) is 0 Å². The van der Waals surface area contributed by atoms with Gasteiger partial charge in [-0.2, -0.15) is 0 Å². The average molecular weight is 765 g/mol. The molecule has 3 rings (SSSR count). The zero-order valence-corrected chi connectivity index (χ0v) is 25.0. The summed E-state index contributed by atoms with van der Waals surface area (Å²) >= 11 is -1.61. The number of aryl methyl sites for hydroxylation is 3. The molecule has 168 valence electrons. The Kier molecular flexibility index (Phi) is 8.31. The molecule has 3 aromatic rings. The Morgan fingerprint density at radius 3 is 1.06 bits per heavy atom. The minimum atomic E-state index is -5.60. The Morgan fingerprint density at radius 2 is 0.844 bits per heavy atom. The van der Waals surface area contributed by atoms with Crippen LogP contribution in [0.5, 0.6) is 0 Å². The zero-order valence-electron chi connectivity index (χ0n) is 18.2. The van der Waals surface area contributed by atoms with E-state index >= 15 is 0 Å². The molecule has 0 heterocycles. The molecule has 0 unspecified atom stereocenters. The Bertz CT molecular complexity index is 975. The first-order valence-electron chi connectivity index (χ1n) is 10.1. The van der Waals surface area contributed by atoms with E-state index in [9.17, 15) is 9.59 Å². The van der Waals surface area contributed by atoms with Crippen molar-refractivity contribution in [3.8, 4) is 0 Å². The van der Waals surface area contributed by atoms with E-state index in [1.807, 2.05) is 139 Å². The van der Waals surface area contributed by atoms with Gasteiger partial charge in [0.25, 0.3) is 0 Å². The van der Waals surface area contributed by atoms with Crippen molar-refractivity contribution < 1.29 is 15.6 Å². The van der Waals surface area contributed by atoms with Gasteiger partial charge in [-0.25, -0.2) is 0 Å². The van der Waals surface area contributed by atoms with Gasteiger partial charge in [-0.1, -0.05) is 0 Å². The van der Waals surface area contributed by atoms with Crippen molar-refractivity contribution in [1.82, 2.24) is 0 Å². The van der Waals surface area contributed by atoms with Crippen LogP contribution in [-0.4, -0.2) is 39.0 Å². The van der Waals surface area contributed by atoms with E-state index in [0.29, 0.717) is 0 Å². The van der Waals surface area contributed by atoms with E-state index in [1.165, 1.54) is 0 Å². The molecule has 0 spiro atoms. The van der Waals surface area contributed by atoms with Crippen LogP contribution in [0.4, 0.5) is 0 Å². The molecule has 0 fully saturated rings. The summed E-state index contributed by atoms with van der Waals surface area (Å²) in [6, 6.07) is 23.5. The fourth-order valence-corrected chi connectivity index (χ4v) is 18.4. The number of alkyl halides is 2. The van der Waals surface area contributed by atoms with Gasteiger partial charge in [0.2, 0.25) is 0 Å². The second-order valence-electron chi connectivity index (χ2n) is 7.66. The van der Waals surface area contributed by atoms with Crippen LogP contribution in [0.2, 0.25) is 0 Å². The van der Waals surface area contributed by atoms with Crippen LogP contribution in [0.15, 0.2) is 72.8 Å². The van der Waals surface area contributed by atoms with Gasteiger partial charge in [0.1, 0.15) is 0 Å². The number of carbonyl (C=O) groups is 2. The summed E-state index contributed by atoms with van der Waals surface area (Å²) in [5, 5.41) is 0. The first kappa shape index (κ1) is 25.5. The molecule has 0 aliphatic carbocycles. The van der Waals surface area contributed by atoms with E-state index in [4.69, 9.17) is 6.03 Å². The third-order valence-electron chi connectivity index (χ3n) is 5.28. The van der Waals surface area contributed by atoms with Crippen molar-refractivity contribution in [3.05, 3.63) is 89.5 Å². The van der Waals surface area contributed by atoms with Crippen LogP contribution < -0.4 is 10.5 Å². The standard InChI is InChI=1S/3C7H7.2C2H3IO2.Sb/c3*1-7-5-3-2-4-6-7;2*3-1-2(4)5;/h3*3-6H,1H3;2*1H2,(H,4,5);/q;;;;;+2/p-2. The topological polar surface area (TPSA) is 52.6 Å². The first-order valence-corrected chi connectivity index (χ1v) is 19.0. The number of carbonyl (C=O) groups excluding carboxylic acids is 2. The first-order chi connectivity index (χ1) is 15.2. The summed E-state index contributed by atoms with van der Waals surface area (Å²) < 4.78 is 15.6. The number of hydrogen-bond acceptors (Lipinski definition) is 4. The summed E-state index contributed by atoms with van der Waals surface area (Å²) in [5.41, 5.74) is 3.20. The van der Waals surface area contributed by atoms with Gasteiger partial charge in [-0.05, 0) is 0 Å². The second kappa shape index (κ2) is 10.4. The molecule has 0 aromatic heterocycles. The Morgan fingerprint density at radius 1 is 0.594 bits per heavy atom. The predicted octanol–water partition coefficient (Wildman–Crippen LogP) is 3.99. The van der Waals surface area contributed by atoms with Crippen LogP contribution in [-0.2, 0) is 15.6 Å². The fourth-order valence-electron chi connectivity index (χ4n) is 3.67. The fraction of sp³-hybridized carbons (Fsp3) is 0.200. The van der Waals surface area contributed by atoms with Gasteiger partial charge in [0.15, 0.2) is 0 Å². The van der Waals surface area contributed by atoms with E-state index in [0.717, 1.165) is 27.2 Å². The molecule has 0 saturated carbocycles. The minimum absolute atomic E-state index is 0.144. The Labute approximate surface area is 218 Å². The summed E-state index contributed by atoms with van der Waals surface area (Å²) in [7, 11) is 0. The Balaban J connectivity index is 2.56. The van der Waals surface area contributed by atoms with Crippen molar-refractivity contribution in [2.75, 3.05) is 8.86 Å². The van der Waals surface area contributed by atoms with Gasteiger partial charge >= 0.3 is 221 Å². The summed E-state index contributed by atoms with van der Waals surface area (Å²) in [6.45, 7) is 5.99. The summed E-state index contributed by atoms with van der Waals surface area (Å²) in [4.78, 5) is 26.1. The van der Waals surface area contributed by atoms with Crippen LogP contribution in [0.25, 0.3) is 0 Å². The second-order valence-corrected chi connectivity index (χ2v) is 20.1. The van der Waals surface area contributed by atoms with E-state index in [-0.39, 0.29) is 8.86 Å². The molecule has 0 aliphatic heterocycles. The third-order valence-corrected chi connectivity index (χ3v) is 20.3. The summed E-state index contributed by atoms with van der Waals surface area (Å²) in [5.74, 6) is -0.814. The molecule has 0 atom stereocenters. The molecule has 7 heteroatoms. The van der Waals surface area contributed by atoms with Gasteiger partial charge in [0, 0.05) is 0 Å². The molecule has 32 heavy (non-hydrogen) atoms. The molecule has 0 radical (unpaired) electrons. The molecule has 0 saturated heterocycles. The summed E-state index contributed by atoms with van der Waals surface area (Å²) in [6.07, 6.45) is 0. The van der Waals surface area contributed by atoms with Gasteiger partial charge in [0.05, 0.1) is 0 Å². The number of benzene rings is 3. The zero-order chi connectivity index (χ0) is 23.4. The molecular formula is C25H25I2O4Sb. The van der Waals surface area contributed by atoms with Crippen molar-refractivity contribution in [3.63, 3.8) is 0 Å². The molecular weight excluding hydrogens is 740 g/mol. The van der Waals surface area contributed by atoms with E-state index < -0.39 is 30.2 Å². The van der Waals surface area contributed by atoms with Gasteiger partial charge < -0.3 is 0 Å². The maximum atomic E-state index is 13.1. The normalized spacial score (nSPS) is 12.5. The van der Waals surface area contributed by atoms with E-state index in [2.05, 4.69) is 0 Å². The van der Waals surface area contributed by atoms with Gasteiger partial charge in [-0.15, -0.1) is 0 Å². The molecule has 3 aromatic carbocycles. The molecule has 4 nitrogen and oxygen atoms in total. The number of hydrogen-bond donors (Lipinski definition) is 0. The van der Waals surface area contributed by atoms with Crippen molar-refractivity contribution >= 4 is 85.9 Å². The average Bonchev–Trinajstić information content (AvgIpc) is 2.79. The quantitative estimate of drug-likeness (QED) is 0.208. The molecule has 0 bridgehead atoms. The number of halogens is 2. The third kappa shape index (κ3) is 4.73. The number of rotatable bonds is 7. The molecule has 0 amide bonds. The molecule has 0 N–H and O–H groups in total. The van der Waals surface area contributed by atoms with E-state index in [1.54, 1.807) is 0 Å². The maximum absolute atomic E-state index is 13.1. The van der Waals surface area contributed by atoms with Crippen molar-refractivity contribution in [2.24, 2.45) is 0 Å². The van der Waals surface area contributed by atoms with Crippen molar-refractivity contribution in [1.29, 1.82) is 0 Å². The predicted molar refractivity (Wildman–Crippen MR) is 148 cm³/mol. The SMILES string of the molecule is Cc1cc[c]([Sb]([O]C(=O)CI)([O]C(=O)CI)([c]2ccc(C)cc2)[c]2ccc(C)cc2)cc1. The monoisotopic (exact) mass is 764 g/mol.